The van der Waals surface area contributed by atoms with Gasteiger partial charge in [0.2, 0.25) is 0 Å². The van der Waals surface area contributed by atoms with E-state index in [1.165, 1.54) is 12.1 Å². The zero-order chi connectivity index (χ0) is 14.8. The van der Waals surface area contributed by atoms with Crippen molar-refractivity contribution in [3.05, 3.63) is 51.6 Å². The molecule has 2 rings (SSSR count). The van der Waals surface area contributed by atoms with E-state index >= 15 is 0 Å². The number of halogens is 4. The van der Waals surface area contributed by atoms with Crippen molar-refractivity contribution in [2.45, 2.75) is 13.1 Å². The Bertz CT molecular complexity index is 608. The van der Waals surface area contributed by atoms with Crippen LogP contribution in [0.1, 0.15) is 12.5 Å². The quantitative estimate of drug-likeness (QED) is 0.638. The standard InChI is InChI=1S/C15H12F3IO/c1-2-20-14-6-4-3-5-11(14)12-9-10(15(16,17)18)7-8-13(12)19/h3-9H,2H2,1H3. The van der Waals surface area contributed by atoms with Gasteiger partial charge in [-0.25, -0.2) is 0 Å². The SMILES string of the molecule is CCOc1ccccc1-c1cc(C(F)(F)F)ccc1I. The van der Waals surface area contributed by atoms with Gasteiger partial charge in [-0.05, 0) is 59.3 Å². The summed E-state index contributed by atoms with van der Waals surface area (Å²) < 4.78 is 44.7. The van der Waals surface area contributed by atoms with Crippen LogP contribution in [0.4, 0.5) is 13.2 Å². The zero-order valence-electron chi connectivity index (χ0n) is 10.7. The Hall–Kier alpha value is -1.24. The summed E-state index contributed by atoms with van der Waals surface area (Å²) >= 11 is 2.03. The molecule has 0 spiro atoms. The molecule has 0 heterocycles. The zero-order valence-corrected chi connectivity index (χ0v) is 12.8. The lowest BCUT2D eigenvalue weighted by atomic mass is 10.0. The molecule has 0 aliphatic rings. The lowest BCUT2D eigenvalue weighted by molar-refractivity contribution is -0.137. The number of hydrogen-bond acceptors (Lipinski definition) is 1. The van der Waals surface area contributed by atoms with Gasteiger partial charge in [0.05, 0.1) is 12.2 Å². The van der Waals surface area contributed by atoms with Crippen molar-refractivity contribution in [3.8, 4) is 16.9 Å². The van der Waals surface area contributed by atoms with E-state index in [1.54, 1.807) is 24.3 Å². The summed E-state index contributed by atoms with van der Waals surface area (Å²) in [5.41, 5.74) is 0.550. The molecule has 0 amide bonds. The summed E-state index contributed by atoms with van der Waals surface area (Å²) in [6, 6.07) is 10.8. The highest BCUT2D eigenvalue weighted by molar-refractivity contribution is 14.1. The normalized spacial score (nSPS) is 11.4. The number of ether oxygens (including phenoxy) is 1. The maximum Gasteiger partial charge on any atom is 0.416 e. The van der Waals surface area contributed by atoms with Gasteiger partial charge in [-0.2, -0.15) is 13.2 Å². The average molecular weight is 392 g/mol. The predicted molar refractivity (Wildman–Crippen MR) is 80.8 cm³/mol. The summed E-state index contributed by atoms with van der Waals surface area (Å²) in [6.45, 7) is 2.31. The van der Waals surface area contributed by atoms with Crippen LogP contribution in [0, 0.1) is 3.57 Å². The summed E-state index contributed by atoms with van der Waals surface area (Å²) in [5.74, 6) is 0.590. The van der Waals surface area contributed by atoms with E-state index in [4.69, 9.17) is 4.74 Å². The van der Waals surface area contributed by atoms with Crippen LogP contribution in [-0.4, -0.2) is 6.61 Å². The smallest absolute Gasteiger partial charge is 0.416 e. The third-order valence-electron chi connectivity index (χ3n) is 2.77. The van der Waals surface area contributed by atoms with Crippen molar-refractivity contribution in [1.29, 1.82) is 0 Å². The van der Waals surface area contributed by atoms with Crippen LogP contribution in [0.25, 0.3) is 11.1 Å². The summed E-state index contributed by atoms with van der Waals surface area (Å²) in [7, 11) is 0. The Kier molecular flexibility index (Phi) is 4.57. The van der Waals surface area contributed by atoms with Crippen molar-refractivity contribution in [2.24, 2.45) is 0 Å². The molecule has 0 unspecified atom stereocenters. The van der Waals surface area contributed by atoms with E-state index in [-0.39, 0.29) is 0 Å². The van der Waals surface area contributed by atoms with Crippen LogP contribution < -0.4 is 4.74 Å². The first-order valence-electron chi connectivity index (χ1n) is 6.02. The van der Waals surface area contributed by atoms with Crippen LogP contribution in [0.15, 0.2) is 42.5 Å². The van der Waals surface area contributed by atoms with Crippen molar-refractivity contribution < 1.29 is 17.9 Å². The van der Waals surface area contributed by atoms with Gasteiger partial charge >= 0.3 is 6.18 Å². The molecule has 1 nitrogen and oxygen atoms in total. The third kappa shape index (κ3) is 3.26. The Labute approximate surface area is 128 Å². The first kappa shape index (κ1) is 15.2. The van der Waals surface area contributed by atoms with Gasteiger partial charge in [0.1, 0.15) is 5.75 Å². The van der Waals surface area contributed by atoms with Gasteiger partial charge < -0.3 is 4.74 Å². The largest absolute Gasteiger partial charge is 0.493 e. The molecule has 2 aromatic carbocycles. The summed E-state index contributed by atoms with van der Waals surface area (Å²) in [4.78, 5) is 0. The highest BCUT2D eigenvalue weighted by Gasteiger charge is 2.31. The third-order valence-corrected chi connectivity index (χ3v) is 3.71. The van der Waals surface area contributed by atoms with Gasteiger partial charge in [0.15, 0.2) is 0 Å². The Morgan fingerprint density at radius 3 is 2.40 bits per heavy atom. The highest BCUT2D eigenvalue weighted by atomic mass is 127. The molecule has 0 saturated carbocycles. The van der Waals surface area contributed by atoms with Crippen LogP contribution in [0.2, 0.25) is 0 Å². The molecule has 0 bridgehead atoms. The van der Waals surface area contributed by atoms with Gasteiger partial charge in [0.25, 0.3) is 0 Å². The second kappa shape index (κ2) is 6.03. The first-order valence-corrected chi connectivity index (χ1v) is 7.10. The topological polar surface area (TPSA) is 9.23 Å². The number of hydrogen-bond donors (Lipinski definition) is 0. The molecule has 0 aliphatic heterocycles. The van der Waals surface area contributed by atoms with E-state index < -0.39 is 11.7 Å². The molecule has 106 valence electrons. The molecule has 0 N–H and O–H groups in total. The average Bonchev–Trinajstić information content (AvgIpc) is 2.39. The molecule has 0 aliphatic carbocycles. The van der Waals surface area contributed by atoms with Crippen molar-refractivity contribution in [3.63, 3.8) is 0 Å². The fourth-order valence-electron chi connectivity index (χ4n) is 1.88. The minimum atomic E-state index is -4.35. The van der Waals surface area contributed by atoms with Crippen molar-refractivity contribution in [2.75, 3.05) is 6.61 Å². The molecular formula is C15H12F3IO. The van der Waals surface area contributed by atoms with Crippen LogP contribution in [0.3, 0.4) is 0 Å². The number of alkyl halides is 3. The number of rotatable bonds is 3. The number of benzene rings is 2. The van der Waals surface area contributed by atoms with E-state index in [0.29, 0.717) is 23.5 Å². The minimum Gasteiger partial charge on any atom is -0.493 e. The second-order valence-corrected chi connectivity index (χ2v) is 5.28. The van der Waals surface area contributed by atoms with E-state index in [0.717, 1.165) is 9.64 Å². The molecule has 0 radical (unpaired) electrons. The molecule has 5 heteroatoms. The van der Waals surface area contributed by atoms with Gasteiger partial charge in [0, 0.05) is 9.13 Å². The van der Waals surface area contributed by atoms with Crippen LogP contribution in [0.5, 0.6) is 5.75 Å². The fraction of sp³-hybridized carbons (Fsp3) is 0.200. The van der Waals surface area contributed by atoms with Gasteiger partial charge in [-0.3, -0.25) is 0 Å². The summed E-state index contributed by atoms with van der Waals surface area (Å²) in [6.07, 6.45) is -4.35. The first-order chi connectivity index (χ1) is 9.43. The van der Waals surface area contributed by atoms with Crippen LogP contribution >= 0.6 is 22.6 Å². The van der Waals surface area contributed by atoms with Crippen LogP contribution in [-0.2, 0) is 6.18 Å². The molecule has 0 saturated heterocycles. The molecule has 0 fully saturated rings. The second-order valence-electron chi connectivity index (χ2n) is 4.12. The molecule has 0 atom stereocenters. The van der Waals surface area contributed by atoms with E-state index in [2.05, 4.69) is 0 Å². The van der Waals surface area contributed by atoms with Gasteiger partial charge in [-0.15, -0.1) is 0 Å². The predicted octanol–water partition coefficient (Wildman–Crippen LogP) is 5.38. The van der Waals surface area contributed by atoms with Gasteiger partial charge in [-0.1, -0.05) is 18.2 Å². The number of para-hydroxylation sites is 1. The summed E-state index contributed by atoms with van der Waals surface area (Å²) in [5, 5.41) is 0. The maximum absolute atomic E-state index is 12.8. The molecule has 2 aromatic rings. The Balaban J connectivity index is 2.57. The van der Waals surface area contributed by atoms with Crippen molar-refractivity contribution >= 4 is 22.6 Å². The minimum absolute atomic E-state index is 0.465. The Morgan fingerprint density at radius 2 is 1.75 bits per heavy atom. The van der Waals surface area contributed by atoms with E-state index in [9.17, 15) is 13.2 Å². The monoisotopic (exact) mass is 392 g/mol. The molecule has 0 aromatic heterocycles. The van der Waals surface area contributed by atoms with Crippen molar-refractivity contribution in [1.82, 2.24) is 0 Å². The maximum atomic E-state index is 12.8. The Morgan fingerprint density at radius 1 is 1.05 bits per heavy atom. The fourth-order valence-corrected chi connectivity index (χ4v) is 2.50. The lowest BCUT2D eigenvalue weighted by Crippen LogP contribution is -2.05. The lowest BCUT2D eigenvalue weighted by Gasteiger charge is -2.14. The molecule has 20 heavy (non-hydrogen) atoms. The van der Waals surface area contributed by atoms with E-state index in [1.807, 2.05) is 29.5 Å². The molecular weight excluding hydrogens is 380 g/mol. The highest BCUT2D eigenvalue weighted by Crippen LogP contribution is 2.37.